The second-order valence-corrected chi connectivity index (χ2v) is 7.70. The first-order valence-corrected chi connectivity index (χ1v) is 8.36. The molecule has 0 spiro atoms. The van der Waals surface area contributed by atoms with E-state index in [-0.39, 0.29) is 22.3 Å². The van der Waals surface area contributed by atoms with Gasteiger partial charge in [-0.05, 0) is 40.9 Å². The molecular formula is C12H13BrFNO3S. The number of rotatable bonds is 3. The zero-order valence-corrected chi connectivity index (χ0v) is 12.4. The molecule has 1 aromatic rings. The van der Waals surface area contributed by atoms with E-state index in [1.165, 1.54) is 12.1 Å². The number of amides is 1. The molecule has 1 saturated heterocycles. The summed E-state index contributed by atoms with van der Waals surface area (Å²) < 4.78 is 37.1. The van der Waals surface area contributed by atoms with Crippen molar-refractivity contribution in [3.63, 3.8) is 0 Å². The van der Waals surface area contributed by atoms with Gasteiger partial charge in [-0.2, -0.15) is 0 Å². The molecule has 1 N–H and O–H groups in total. The van der Waals surface area contributed by atoms with E-state index in [0.717, 1.165) is 0 Å². The highest BCUT2D eigenvalue weighted by Crippen LogP contribution is 2.20. The van der Waals surface area contributed by atoms with Crippen LogP contribution >= 0.6 is 15.9 Å². The Kier molecular flexibility index (Phi) is 4.25. The third kappa shape index (κ3) is 3.14. The highest BCUT2D eigenvalue weighted by molar-refractivity contribution is 9.10. The zero-order valence-electron chi connectivity index (χ0n) is 10.0. The van der Waals surface area contributed by atoms with Gasteiger partial charge in [-0.15, -0.1) is 0 Å². The molecule has 0 saturated carbocycles. The fraction of sp³-hybridized carbons (Fsp3) is 0.417. The van der Waals surface area contributed by atoms with Crippen molar-refractivity contribution in [1.29, 1.82) is 0 Å². The highest BCUT2D eigenvalue weighted by Gasteiger charge is 2.31. The van der Waals surface area contributed by atoms with E-state index in [9.17, 15) is 17.6 Å². The molecule has 2 rings (SSSR count). The van der Waals surface area contributed by atoms with Crippen LogP contribution < -0.4 is 5.32 Å². The monoisotopic (exact) mass is 349 g/mol. The Morgan fingerprint density at radius 2 is 2.21 bits per heavy atom. The Balaban J connectivity index is 2.04. The van der Waals surface area contributed by atoms with Gasteiger partial charge in [0, 0.05) is 6.54 Å². The Bertz CT molecular complexity index is 603. The molecule has 0 bridgehead atoms. The summed E-state index contributed by atoms with van der Waals surface area (Å²) in [5, 5.41) is 1.94. The molecule has 19 heavy (non-hydrogen) atoms. The normalized spacial score (nSPS) is 21.3. The summed E-state index contributed by atoms with van der Waals surface area (Å²) in [4.78, 5) is 11.8. The summed E-state index contributed by atoms with van der Waals surface area (Å²) >= 11 is 3.00. The lowest BCUT2D eigenvalue weighted by atomic mass is 10.2. The predicted molar refractivity (Wildman–Crippen MR) is 73.2 cm³/mol. The summed E-state index contributed by atoms with van der Waals surface area (Å²) in [7, 11) is -3.10. The molecule has 1 unspecified atom stereocenters. The van der Waals surface area contributed by atoms with Crippen LogP contribution in [0, 0.1) is 5.82 Å². The Labute approximate surface area is 119 Å². The molecule has 0 radical (unpaired) electrons. The first kappa shape index (κ1) is 14.5. The van der Waals surface area contributed by atoms with Crippen molar-refractivity contribution in [2.75, 3.05) is 12.3 Å². The minimum atomic E-state index is -3.10. The van der Waals surface area contributed by atoms with Gasteiger partial charge in [0.05, 0.1) is 21.0 Å². The van der Waals surface area contributed by atoms with Crippen LogP contribution in [0.2, 0.25) is 0 Å². The number of hydrogen-bond acceptors (Lipinski definition) is 3. The van der Waals surface area contributed by atoms with Gasteiger partial charge in [-0.1, -0.05) is 6.07 Å². The van der Waals surface area contributed by atoms with Gasteiger partial charge >= 0.3 is 0 Å². The summed E-state index contributed by atoms with van der Waals surface area (Å²) in [5.74, 6) is -1.08. The fourth-order valence-electron chi connectivity index (χ4n) is 2.07. The Morgan fingerprint density at radius 3 is 2.84 bits per heavy atom. The smallest absolute Gasteiger partial charge is 0.254 e. The summed E-state index contributed by atoms with van der Waals surface area (Å²) in [6.07, 6.45) is 1.16. The van der Waals surface area contributed by atoms with E-state index in [1.54, 1.807) is 6.07 Å². The average Bonchev–Trinajstić information content (AvgIpc) is 2.69. The molecule has 1 atom stereocenters. The topological polar surface area (TPSA) is 63.2 Å². The second-order valence-electron chi connectivity index (χ2n) is 4.44. The molecule has 4 nitrogen and oxygen atoms in total. The number of benzene rings is 1. The fourth-order valence-corrected chi connectivity index (χ4v) is 4.20. The Morgan fingerprint density at radius 1 is 1.47 bits per heavy atom. The number of carbonyl (C=O) groups is 1. The van der Waals surface area contributed by atoms with Gasteiger partial charge in [-0.25, -0.2) is 12.8 Å². The predicted octanol–water partition coefficient (Wildman–Crippen LogP) is 1.90. The largest absolute Gasteiger partial charge is 0.351 e. The van der Waals surface area contributed by atoms with Crippen LogP contribution in [0.25, 0.3) is 0 Å². The van der Waals surface area contributed by atoms with Gasteiger partial charge in [0.25, 0.3) is 5.91 Å². The zero-order chi connectivity index (χ0) is 14.0. The molecule has 1 heterocycles. The maximum absolute atomic E-state index is 13.7. The molecular weight excluding hydrogens is 337 g/mol. The van der Waals surface area contributed by atoms with Gasteiger partial charge in [-0.3, -0.25) is 4.79 Å². The van der Waals surface area contributed by atoms with Crippen molar-refractivity contribution < 1.29 is 17.6 Å². The van der Waals surface area contributed by atoms with Crippen LogP contribution in [-0.2, 0) is 9.84 Å². The lowest BCUT2D eigenvalue weighted by Crippen LogP contribution is -2.35. The lowest BCUT2D eigenvalue weighted by molar-refractivity contribution is 0.0949. The van der Waals surface area contributed by atoms with E-state index in [2.05, 4.69) is 21.2 Å². The summed E-state index contributed by atoms with van der Waals surface area (Å²) in [6.45, 7) is 0.0348. The van der Waals surface area contributed by atoms with Crippen LogP contribution in [0.5, 0.6) is 0 Å². The van der Waals surface area contributed by atoms with Gasteiger partial charge < -0.3 is 5.32 Å². The van der Waals surface area contributed by atoms with Crippen LogP contribution in [0.1, 0.15) is 23.2 Å². The average molecular weight is 350 g/mol. The number of hydrogen-bond donors (Lipinski definition) is 1. The van der Waals surface area contributed by atoms with Crippen molar-refractivity contribution >= 4 is 31.7 Å². The number of carbonyl (C=O) groups excluding carboxylic acids is 1. The van der Waals surface area contributed by atoms with Gasteiger partial charge in [0.15, 0.2) is 9.84 Å². The van der Waals surface area contributed by atoms with Crippen molar-refractivity contribution in [3.05, 3.63) is 34.1 Å². The van der Waals surface area contributed by atoms with Crippen LogP contribution in [0.3, 0.4) is 0 Å². The first-order chi connectivity index (χ1) is 8.92. The van der Waals surface area contributed by atoms with Crippen molar-refractivity contribution in [3.8, 4) is 0 Å². The van der Waals surface area contributed by atoms with Crippen molar-refractivity contribution in [2.24, 2.45) is 0 Å². The maximum atomic E-state index is 13.7. The number of nitrogens with one attached hydrogen (secondary N) is 1. The molecule has 1 aliphatic rings. The molecule has 1 amide bonds. The third-order valence-corrected chi connectivity index (χ3v) is 6.04. The molecule has 7 heteroatoms. The molecule has 1 aromatic carbocycles. The molecule has 104 valence electrons. The van der Waals surface area contributed by atoms with E-state index < -0.39 is 26.8 Å². The molecule has 1 aliphatic heterocycles. The molecule has 0 aromatic heterocycles. The molecule has 1 fully saturated rings. The second kappa shape index (κ2) is 5.58. The minimum Gasteiger partial charge on any atom is -0.351 e. The SMILES string of the molecule is O=C(NCC1CCCS1(=O)=O)c1cccc(Br)c1F. The van der Waals surface area contributed by atoms with Crippen molar-refractivity contribution in [1.82, 2.24) is 5.32 Å². The van der Waals surface area contributed by atoms with E-state index in [1.807, 2.05) is 0 Å². The summed E-state index contributed by atoms with van der Waals surface area (Å²) in [6, 6.07) is 4.40. The highest BCUT2D eigenvalue weighted by atomic mass is 79.9. The Hall–Kier alpha value is -0.950. The van der Waals surface area contributed by atoms with Crippen LogP contribution in [-0.4, -0.2) is 31.9 Å². The number of sulfone groups is 1. The van der Waals surface area contributed by atoms with E-state index in [4.69, 9.17) is 0 Å². The van der Waals surface area contributed by atoms with Crippen LogP contribution in [0.15, 0.2) is 22.7 Å². The van der Waals surface area contributed by atoms with Gasteiger partial charge in [0.2, 0.25) is 0 Å². The lowest BCUT2D eigenvalue weighted by Gasteiger charge is -2.11. The van der Waals surface area contributed by atoms with Crippen LogP contribution in [0.4, 0.5) is 4.39 Å². The molecule has 0 aliphatic carbocycles. The number of halogens is 2. The van der Waals surface area contributed by atoms with E-state index >= 15 is 0 Å². The van der Waals surface area contributed by atoms with E-state index in [0.29, 0.717) is 12.8 Å². The maximum Gasteiger partial charge on any atom is 0.254 e. The quantitative estimate of drug-likeness (QED) is 0.906. The summed E-state index contributed by atoms with van der Waals surface area (Å²) in [5.41, 5.74) is -0.0928. The van der Waals surface area contributed by atoms with Crippen molar-refractivity contribution in [2.45, 2.75) is 18.1 Å². The standard InChI is InChI=1S/C12H13BrFNO3S/c13-10-5-1-4-9(11(10)14)12(16)15-7-8-3-2-6-19(8,17)18/h1,4-5,8H,2-3,6-7H2,(H,15,16). The minimum absolute atomic E-state index is 0.0348. The first-order valence-electron chi connectivity index (χ1n) is 5.85. The van der Waals surface area contributed by atoms with Gasteiger partial charge in [0.1, 0.15) is 5.82 Å². The third-order valence-electron chi connectivity index (χ3n) is 3.15.